The largest absolute Gasteiger partial charge is 0.303 e. The van der Waals surface area contributed by atoms with Gasteiger partial charge in [-0.2, -0.15) is 0 Å². The molecular weight excluding hydrogens is 216 g/mol. The van der Waals surface area contributed by atoms with Crippen LogP contribution in [0, 0.1) is 0 Å². The van der Waals surface area contributed by atoms with Gasteiger partial charge in [0, 0.05) is 17.6 Å². The molecule has 1 aromatic rings. The van der Waals surface area contributed by atoms with Crippen LogP contribution in [0.25, 0.3) is 0 Å². The quantitative estimate of drug-likeness (QED) is 0.730. The zero-order valence-electron chi connectivity index (χ0n) is 10.9. The summed E-state index contributed by atoms with van der Waals surface area (Å²) in [5.41, 5.74) is -0.000200. The normalized spacial score (nSPS) is 14.0. The second-order valence-corrected chi connectivity index (χ2v) is 5.90. The SMILES string of the molecule is CCCCCC(C)NC(C)(C)c1nccs1. The van der Waals surface area contributed by atoms with Crippen LogP contribution in [0.15, 0.2) is 11.6 Å². The van der Waals surface area contributed by atoms with Crippen LogP contribution in [0.5, 0.6) is 0 Å². The lowest BCUT2D eigenvalue weighted by atomic mass is 10.0. The van der Waals surface area contributed by atoms with Gasteiger partial charge < -0.3 is 5.32 Å². The van der Waals surface area contributed by atoms with E-state index in [1.165, 1.54) is 30.7 Å². The Morgan fingerprint density at radius 3 is 2.75 bits per heavy atom. The standard InChI is InChI=1S/C13H24N2S/c1-5-6-7-8-11(2)15-13(3,4)12-14-9-10-16-12/h9-11,15H,5-8H2,1-4H3. The maximum atomic E-state index is 4.39. The van der Waals surface area contributed by atoms with Crippen molar-refractivity contribution in [2.45, 2.75) is 65.0 Å². The molecule has 0 fully saturated rings. The molecule has 1 N–H and O–H groups in total. The highest BCUT2D eigenvalue weighted by molar-refractivity contribution is 7.09. The zero-order chi connectivity index (χ0) is 12.0. The number of rotatable bonds is 7. The molecule has 0 aromatic carbocycles. The third kappa shape index (κ3) is 4.22. The molecule has 0 radical (unpaired) electrons. The summed E-state index contributed by atoms with van der Waals surface area (Å²) < 4.78 is 0. The van der Waals surface area contributed by atoms with Crippen LogP contribution in [0.2, 0.25) is 0 Å². The molecular formula is C13H24N2S. The van der Waals surface area contributed by atoms with Gasteiger partial charge in [0.2, 0.25) is 0 Å². The van der Waals surface area contributed by atoms with Crippen LogP contribution in [-0.2, 0) is 5.54 Å². The second-order valence-electron chi connectivity index (χ2n) is 5.00. The van der Waals surface area contributed by atoms with Crippen LogP contribution in [-0.4, -0.2) is 11.0 Å². The first kappa shape index (κ1) is 13.7. The van der Waals surface area contributed by atoms with Crippen molar-refractivity contribution in [1.82, 2.24) is 10.3 Å². The Bertz CT molecular complexity index is 280. The van der Waals surface area contributed by atoms with Crippen molar-refractivity contribution in [2.75, 3.05) is 0 Å². The molecule has 1 heterocycles. The van der Waals surface area contributed by atoms with E-state index in [1.807, 2.05) is 11.6 Å². The smallest absolute Gasteiger partial charge is 0.112 e. The summed E-state index contributed by atoms with van der Waals surface area (Å²) in [6.07, 6.45) is 7.08. The van der Waals surface area contributed by atoms with Crippen molar-refractivity contribution in [3.63, 3.8) is 0 Å². The van der Waals surface area contributed by atoms with Crippen LogP contribution >= 0.6 is 11.3 Å². The molecule has 0 saturated heterocycles. The van der Waals surface area contributed by atoms with Gasteiger partial charge in [-0.1, -0.05) is 26.2 Å². The minimum absolute atomic E-state index is 0.000200. The van der Waals surface area contributed by atoms with Gasteiger partial charge in [0.15, 0.2) is 0 Å². The van der Waals surface area contributed by atoms with E-state index in [1.54, 1.807) is 11.3 Å². The fourth-order valence-electron chi connectivity index (χ4n) is 1.98. The molecule has 0 aliphatic heterocycles. The molecule has 1 atom stereocenters. The maximum absolute atomic E-state index is 4.39. The third-order valence-electron chi connectivity index (χ3n) is 2.81. The van der Waals surface area contributed by atoms with E-state index in [9.17, 15) is 0 Å². The monoisotopic (exact) mass is 240 g/mol. The number of aromatic nitrogens is 1. The molecule has 2 nitrogen and oxygen atoms in total. The molecule has 1 aromatic heterocycles. The highest BCUT2D eigenvalue weighted by Gasteiger charge is 2.24. The van der Waals surface area contributed by atoms with Crippen molar-refractivity contribution in [1.29, 1.82) is 0 Å². The van der Waals surface area contributed by atoms with Crippen LogP contribution < -0.4 is 5.32 Å². The number of nitrogens with one attached hydrogen (secondary N) is 1. The predicted octanol–water partition coefficient (Wildman–Crippen LogP) is 3.94. The van der Waals surface area contributed by atoms with E-state index in [4.69, 9.17) is 0 Å². The highest BCUT2D eigenvalue weighted by Crippen LogP contribution is 2.23. The van der Waals surface area contributed by atoms with Crippen molar-refractivity contribution in [2.24, 2.45) is 0 Å². The molecule has 3 heteroatoms. The topological polar surface area (TPSA) is 24.9 Å². The third-order valence-corrected chi connectivity index (χ3v) is 3.91. The summed E-state index contributed by atoms with van der Waals surface area (Å²) in [5.74, 6) is 0. The van der Waals surface area contributed by atoms with E-state index in [0.717, 1.165) is 0 Å². The van der Waals surface area contributed by atoms with E-state index in [0.29, 0.717) is 6.04 Å². The number of hydrogen-bond acceptors (Lipinski definition) is 3. The van der Waals surface area contributed by atoms with Gasteiger partial charge in [-0.05, 0) is 27.2 Å². The molecule has 0 bridgehead atoms. The molecule has 92 valence electrons. The van der Waals surface area contributed by atoms with Gasteiger partial charge in [0.1, 0.15) is 5.01 Å². The first-order chi connectivity index (χ1) is 7.56. The minimum Gasteiger partial charge on any atom is -0.303 e. The molecule has 0 aliphatic carbocycles. The zero-order valence-corrected chi connectivity index (χ0v) is 11.7. The summed E-state index contributed by atoms with van der Waals surface area (Å²) in [6, 6.07) is 0.561. The highest BCUT2D eigenvalue weighted by atomic mass is 32.1. The summed E-state index contributed by atoms with van der Waals surface area (Å²) in [6.45, 7) is 8.94. The maximum Gasteiger partial charge on any atom is 0.112 e. The van der Waals surface area contributed by atoms with Gasteiger partial charge in [-0.3, -0.25) is 0 Å². The Morgan fingerprint density at radius 2 is 2.19 bits per heavy atom. The fraction of sp³-hybridized carbons (Fsp3) is 0.769. The van der Waals surface area contributed by atoms with E-state index in [-0.39, 0.29) is 5.54 Å². The molecule has 0 spiro atoms. The summed E-state index contributed by atoms with van der Waals surface area (Å²) in [7, 11) is 0. The molecule has 1 unspecified atom stereocenters. The Hall–Kier alpha value is -0.410. The Labute approximate surface area is 103 Å². The second kappa shape index (κ2) is 6.36. The van der Waals surface area contributed by atoms with E-state index in [2.05, 4.69) is 38.0 Å². The Kier molecular flexibility index (Phi) is 5.42. The van der Waals surface area contributed by atoms with Crippen molar-refractivity contribution >= 4 is 11.3 Å². The van der Waals surface area contributed by atoms with Crippen LogP contribution in [0.3, 0.4) is 0 Å². The van der Waals surface area contributed by atoms with Crippen molar-refractivity contribution in [3.8, 4) is 0 Å². The number of thiazole rings is 1. The molecule has 0 saturated carbocycles. The number of hydrogen-bond donors (Lipinski definition) is 1. The Balaban J connectivity index is 2.40. The van der Waals surface area contributed by atoms with Gasteiger partial charge in [0.25, 0.3) is 0 Å². The van der Waals surface area contributed by atoms with Gasteiger partial charge in [-0.25, -0.2) is 4.98 Å². The van der Waals surface area contributed by atoms with Crippen molar-refractivity contribution < 1.29 is 0 Å². The number of nitrogens with zero attached hydrogens (tertiary/aromatic N) is 1. The number of unbranched alkanes of at least 4 members (excludes halogenated alkanes) is 2. The summed E-state index contributed by atoms with van der Waals surface area (Å²) in [5, 5.41) is 6.88. The van der Waals surface area contributed by atoms with Crippen molar-refractivity contribution in [3.05, 3.63) is 16.6 Å². The summed E-state index contributed by atoms with van der Waals surface area (Å²) in [4.78, 5) is 4.39. The van der Waals surface area contributed by atoms with Gasteiger partial charge in [0.05, 0.1) is 5.54 Å². The predicted molar refractivity (Wildman–Crippen MR) is 71.9 cm³/mol. The lowest BCUT2D eigenvalue weighted by molar-refractivity contribution is 0.335. The van der Waals surface area contributed by atoms with Crippen LogP contribution in [0.1, 0.15) is 58.4 Å². The van der Waals surface area contributed by atoms with Gasteiger partial charge >= 0.3 is 0 Å². The lowest BCUT2D eigenvalue weighted by Gasteiger charge is -2.28. The first-order valence-electron chi connectivity index (χ1n) is 6.24. The molecule has 1 rings (SSSR count). The fourth-order valence-corrected chi connectivity index (χ4v) is 2.71. The van der Waals surface area contributed by atoms with E-state index < -0.39 is 0 Å². The lowest BCUT2D eigenvalue weighted by Crippen LogP contribution is -2.42. The van der Waals surface area contributed by atoms with E-state index >= 15 is 0 Å². The van der Waals surface area contributed by atoms with Gasteiger partial charge in [-0.15, -0.1) is 11.3 Å². The first-order valence-corrected chi connectivity index (χ1v) is 7.12. The molecule has 0 amide bonds. The average molecular weight is 240 g/mol. The summed E-state index contributed by atoms with van der Waals surface area (Å²) >= 11 is 1.73. The molecule has 16 heavy (non-hydrogen) atoms. The average Bonchev–Trinajstić information content (AvgIpc) is 2.70. The van der Waals surface area contributed by atoms with Crippen LogP contribution in [0.4, 0.5) is 0 Å². The minimum atomic E-state index is -0.000200. The molecule has 0 aliphatic rings. The Morgan fingerprint density at radius 1 is 1.44 bits per heavy atom.